The molecule has 562 valence electrons. The highest BCUT2D eigenvalue weighted by atomic mass is 16.8. The number of esters is 1. The van der Waals surface area contributed by atoms with Crippen molar-refractivity contribution in [3.63, 3.8) is 0 Å². The predicted molar refractivity (Wildman–Crippen MR) is 349 cm³/mol. The second-order valence-electron chi connectivity index (χ2n) is 32.0. The smallest absolute Gasteiger partial charge is 0.317 e. The number of hydrogen-bond acceptors (Lipinski definition) is 28. The van der Waals surface area contributed by atoms with Gasteiger partial charge in [0.15, 0.2) is 31.3 Å². The monoisotopic (exact) mass is 1420 g/mol. The summed E-state index contributed by atoms with van der Waals surface area (Å²) in [7, 11) is 0. The maximum Gasteiger partial charge on any atom is 0.317 e. The number of aliphatic hydroxyl groups excluding tert-OH is 14. The molecule has 5 heterocycles. The average Bonchev–Trinajstić information content (AvgIpc) is 0.671. The first-order valence-corrected chi connectivity index (χ1v) is 35.1. The quantitative estimate of drug-likeness (QED) is 0.0577. The molecule has 10 aliphatic rings. The van der Waals surface area contributed by atoms with E-state index in [2.05, 4.69) is 54.5 Å². The van der Waals surface area contributed by atoms with Crippen molar-refractivity contribution in [2.24, 2.45) is 50.2 Å². The number of aliphatic hydroxyl groups is 14. The van der Waals surface area contributed by atoms with Gasteiger partial charge in [-0.1, -0.05) is 84.4 Å². The Morgan fingerprint density at radius 1 is 0.530 bits per heavy atom. The van der Waals surface area contributed by atoms with E-state index >= 15 is 4.79 Å². The van der Waals surface area contributed by atoms with Crippen molar-refractivity contribution in [3.05, 3.63) is 65.2 Å². The lowest BCUT2D eigenvalue weighted by molar-refractivity contribution is -0.374. The van der Waals surface area contributed by atoms with Crippen molar-refractivity contribution in [1.82, 2.24) is 0 Å². The first kappa shape index (κ1) is 77.0. The molecule has 9 fully saturated rings. The third-order valence-electron chi connectivity index (χ3n) is 25.0. The summed E-state index contributed by atoms with van der Waals surface area (Å²) in [6.45, 7) is 17.2. The van der Waals surface area contributed by atoms with E-state index in [9.17, 15) is 81.7 Å². The number of hydrogen-bond donors (Lipinski definition) is 17. The number of phenolic OH excluding ortho intramolecular Hbond substituents is 3. The van der Waals surface area contributed by atoms with Crippen LogP contribution in [0.4, 0.5) is 0 Å². The van der Waals surface area contributed by atoms with Crippen molar-refractivity contribution in [3.8, 4) is 17.2 Å². The number of rotatable bonds is 13. The summed E-state index contributed by atoms with van der Waals surface area (Å²) in [5.41, 5.74) is -0.650. The predicted octanol–water partition coefficient (Wildman–Crippen LogP) is 1.07. The number of allylic oxidation sites excluding steroid dienone is 2. The number of carbonyl (C=O) groups excluding carboxylic acids is 1. The summed E-state index contributed by atoms with van der Waals surface area (Å²) < 4.78 is 59.6. The summed E-state index contributed by atoms with van der Waals surface area (Å²) in [6.07, 6.45) is -25.6. The molecule has 17 N–H and O–H groups in total. The van der Waals surface area contributed by atoms with Crippen molar-refractivity contribution in [2.75, 3.05) is 19.8 Å². The summed E-state index contributed by atoms with van der Waals surface area (Å²) >= 11 is 0. The second kappa shape index (κ2) is 29.3. The van der Waals surface area contributed by atoms with Gasteiger partial charge >= 0.3 is 5.97 Å². The van der Waals surface area contributed by atoms with Crippen LogP contribution < -0.4 is 0 Å². The Bertz CT molecular complexity index is 3180. The molecule has 5 aliphatic carbocycles. The molecular formula is C72H106O28. The van der Waals surface area contributed by atoms with E-state index in [4.69, 9.17) is 52.5 Å². The zero-order valence-corrected chi connectivity index (χ0v) is 58.0. The fraction of sp³-hybridized carbons (Fsp3) is 0.764. The topological polar surface area (TPSA) is 453 Å². The van der Waals surface area contributed by atoms with Gasteiger partial charge in [0.25, 0.3) is 0 Å². The number of benzene rings is 2. The summed E-state index contributed by atoms with van der Waals surface area (Å²) in [5.74, 6) is -0.735. The van der Waals surface area contributed by atoms with Gasteiger partial charge < -0.3 is 134 Å². The van der Waals surface area contributed by atoms with E-state index in [0.29, 0.717) is 31.2 Å². The van der Waals surface area contributed by atoms with Crippen LogP contribution in [0.3, 0.4) is 0 Å². The Labute approximate surface area is 581 Å². The lowest BCUT2D eigenvalue weighted by Crippen LogP contribution is -2.68. The maximum absolute atomic E-state index is 15.4. The van der Waals surface area contributed by atoms with E-state index in [1.165, 1.54) is 13.0 Å². The molecule has 0 spiro atoms. The lowest BCUT2D eigenvalue weighted by Gasteiger charge is -2.71. The molecule has 12 rings (SSSR count). The molecule has 28 nitrogen and oxygen atoms in total. The zero-order valence-electron chi connectivity index (χ0n) is 58.0. The Morgan fingerprint density at radius 2 is 1.07 bits per heavy atom. The SMILES string of the molecule is CC1OC(OC2CCC3(C)C(CCC4(C)C3CC=C3C5CC(C)(C)CCC5(C(=O)OC5OCC(O)C(O)C5OC5OC(C)C(OC6OC(CO)C(O)C(O)C6O)C(O)C5O)C(O)CC34C)C2(C)C)C(O)C(O)C1OC1OCC(O)C(O)C1O.Oc1ccc(C=Cc2cc(O)cc(O)c2)cc1. The summed E-state index contributed by atoms with van der Waals surface area (Å²) in [6, 6.07) is 11.1. The van der Waals surface area contributed by atoms with Gasteiger partial charge in [-0.3, -0.25) is 4.79 Å². The van der Waals surface area contributed by atoms with Gasteiger partial charge in [0.2, 0.25) is 6.29 Å². The molecule has 5 saturated heterocycles. The van der Waals surface area contributed by atoms with Crippen LogP contribution in [0.15, 0.2) is 54.1 Å². The highest BCUT2D eigenvalue weighted by molar-refractivity contribution is 5.80. The van der Waals surface area contributed by atoms with Crippen molar-refractivity contribution in [2.45, 2.75) is 274 Å². The molecule has 0 bridgehead atoms. The number of carbonyl (C=O) groups is 1. The Hall–Kier alpha value is -4.13. The summed E-state index contributed by atoms with van der Waals surface area (Å²) in [4.78, 5) is 15.4. The fourth-order valence-corrected chi connectivity index (χ4v) is 19.0. The van der Waals surface area contributed by atoms with Gasteiger partial charge in [-0.05, 0) is 152 Å². The van der Waals surface area contributed by atoms with Crippen molar-refractivity contribution < 1.29 is 139 Å². The van der Waals surface area contributed by atoms with Crippen LogP contribution in [0.5, 0.6) is 17.2 Å². The van der Waals surface area contributed by atoms with Gasteiger partial charge in [0.05, 0.1) is 44.2 Å². The van der Waals surface area contributed by atoms with E-state index in [0.717, 1.165) is 30.4 Å². The molecular weight excluding hydrogens is 1310 g/mol. The molecule has 0 radical (unpaired) electrons. The van der Waals surface area contributed by atoms with Crippen molar-refractivity contribution >= 4 is 18.1 Å². The molecule has 4 saturated carbocycles. The highest BCUT2D eigenvalue weighted by Crippen LogP contribution is 2.76. The van der Waals surface area contributed by atoms with E-state index in [1.807, 2.05) is 6.08 Å². The minimum absolute atomic E-state index is 0.0235. The molecule has 32 atom stereocenters. The van der Waals surface area contributed by atoms with Crippen molar-refractivity contribution in [1.29, 1.82) is 0 Å². The van der Waals surface area contributed by atoms with Crippen LogP contribution in [0, 0.1) is 50.2 Å². The minimum Gasteiger partial charge on any atom is -0.508 e. The van der Waals surface area contributed by atoms with Gasteiger partial charge in [0.1, 0.15) is 114 Å². The molecule has 0 aromatic heterocycles. The Morgan fingerprint density at radius 3 is 1.69 bits per heavy atom. The number of phenols is 3. The maximum atomic E-state index is 15.4. The van der Waals surface area contributed by atoms with E-state index < -0.39 is 195 Å². The molecule has 32 unspecified atom stereocenters. The molecule has 2 aromatic carbocycles. The van der Waals surface area contributed by atoms with Crippen LogP contribution in [0.25, 0.3) is 12.2 Å². The van der Waals surface area contributed by atoms with Gasteiger partial charge in [-0.25, -0.2) is 0 Å². The number of ether oxygens (including phenoxy) is 10. The third kappa shape index (κ3) is 14.1. The third-order valence-corrected chi connectivity index (χ3v) is 25.0. The van der Waals surface area contributed by atoms with Crippen LogP contribution >= 0.6 is 0 Å². The largest absolute Gasteiger partial charge is 0.508 e. The molecule has 0 amide bonds. The van der Waals surface area contributed by atoms with Crippen LogP contribution in [-0.2, 0) is 52.2 Å². The van der Waals surface area contributed by atoms with Gasteiger partial charge in [-0.2, -0.15) is 0 Å². The van der Waals surface area contributed by atoms with Crippen LogP contribution in [0.1, 0.15) is 131 Å². The number of fused-ring (bicyclic) bond motifs is 7. The highest BCUT2D eigenvalue weighted by Gasteiger charge is 2.72. The Kier molecular flexibility index (Phi) is 22.6. The number of aromatic hydroxyl groups is 3. The van der Waals surface area contributed by atoms with Gasteiger partial charge in [-0.15, -0.1) is 0 Å². The van der Waals surface area contributed by atoms with E-state index in [1.54, 1.807) is 49.4 Å². The van der Waals surface area contributed by atoms with E-state index in [-0.39, 0.29) is 64.8 Å². The fourth-order valence-electron chi connectivity index (χ4n) is 19.0. The van der Waals surface area contributed by atoms with Gasteiger partial charge in [0, 0.05) is 6.07 Å². The zero-order chi connectivity index (χ0) is 72.8. The second-order valence-corrected chi connectivity index (χ2v) is 32.0. The summed E-state index contributed by atoms with van der Waals surface area (Å²) in [5, 5.41) is 180. The molecule has 5 aliphatic heterocycles. The first-order chi connectivity index (χ1) is 46.9. The lowest BCUT2D eigenvalue weighted by atomic mass is 9.33. The Balaban J connectivity index is 0.000000516. The normalized spacial score (nSPS) is 47.6. The first-order valence-electron chi connectivity index (χ1n) is 35.1. The molecule has 100 heavy (non-hydrogen) atoms. The molecule has 2 aromatic rings. The minimum atomic E-state index is -1.93. The average molecular weight is 1420 g/mol. The van der Waals surface area contributed by atoms with Crippen LogP contribution in [-0.4, -0.2) is 266 Å². The molecule has 28 heteroatoms. The van der Waals surface area contributed by atoms with Crippen LogP contribution in [0.2, 0.25) is 0 Å². The standard InChI is InChI=1S/C58H94O25.C14H12O3/c1-23-44(80-47-40(69)34(63)27(60)21-74-47)38(67)42(71)48(76-23)79-33-13-14-55(7)30(54(33,5)6)12-15-56(8)31(55)11-10-25-26-18-53(3,4)16-17-58(26,32(62)19-57(25,56)9)52(73)83-51-46(35(64)28(61)22-75-51)82-49-43(72)39(68)45(24(2)77-49)81-50-41(70)37(66)36(65)29(20-59)78-50;15-12-5-3-10(4-6-12)1-2-11-7-13(16)9-14(17)8-11/h10,23-24,26-51,59-72H,11-22H2,1-9H3;1-9,15-17H.